The molecule has 2 N–H and O–H groups in total. The molecule has 1 saturated carbocycles. The van der Waals surface area contributed by atoms with Crippen molar-refractivity contribution in [2.24, 2.45) is 7.05 Å². The molecule has 2 aromatic rings. The number of aromatic hydroxyl groups is 1. The van der Waals surface area contributed by atoms with Crippen molar-refractivity contribution in [2.75, 3.05) is 0 Å². The Morgan fingerprint density at radius 2 is 2.36 bits per heavy atom. The van der Waals surface area contributed by atoms with Gasteiger partial charge in [0.2, 0.25) is 0 Å². The number of rotatable bonds is 4. The van der Waals surface area contributed by atoms with Gasteiger partial charge in [0.05, 0.1) is 18.4 Å². The van der Waals surface area contributed by atoms with Crippen LogP contribution in [0.2, 0.25) is 0 Å². The number of aryl methyl sites for hydroxylation is 1. The molecule has 0 aliphatic heterocycles. The molecule has 1 fully saturated rings. The molecule has 0 radical (unpaired) electrons. The van der Waals surface area contributed by atoms with E-state index in [2.05, 4.69) is 15.4 Å². The maximum Gasteiger partial charge on any atom is 0.274 e. The van der Waals surface area contributed by atoms with Crippen molar-refractivity contribution in [3.63, 3.8) is 0 Å². The van der Waals surface area contributed by atoms with Gasteiger partial charge in [0.1, 0.15) is 11.9 Å². The largest absolute Gasteiger partial charge is 0.505 e. The first-order valence-electron chi connectivity index (χ1n) is 7.23. The Balaban J connectivity index is 1.66. The molecule has 7 nitrogen and oxygen atoms in total. The summed E-state index contributed by atoms with van der Waals surface area (Å²) >= 11 is 0. The van der Waals surface area contributed by atoms with Gasteiger partial charge in [-0.05, 0) is 31.4 Å². The number of aromatic nitrogens is 3. The predicted molar refractivity (Wildman–Crippen MR) is 78.6 cm³/mol. The Bertz CT molecular complexity index is 670. The Hall–Kier alpha value is -2.57. The van der Waals surface area contributed by atoms with E-state index < -0.39 is 0 Å². The van der Waals surface area contributed by atoms with E-state index in [1.165, 1.54) is 12.3 Å². The van der Waals surface area contributed by atoms with Crippen LogP contribution in [0, 0.1) is 0 Å². The van der Waals surface area contributed by atoms with E-state index in [1.54, 1.807) is 23.1 Å². The first kappa shape index (κ1) is 14.4. The van der Waals surface area contributed by atoms with E-state index in [1.807, 2.05) is 7.05 Å². The van der Waals surface area contributed by atoms with Crippen LogP contribution in [0.4, 0.5) is 0 Å². The molecule has 2 heterocycles. The lowest BCUT2D eigenvalue weighted by molar-refractivity contribution is 0.0886. The monoisotopic (exact) mass is 302 g/mol. The van der Waals surface area contributed by atoms with Gasteiger partial charge in [0.15, 0.2) is 11.4 Å². The van der Waals surface area contributed by atoms with E-state index >= 15 is 0 Å². The molecule has 1 aliphatic rings. The van der Waals surface area contributed by atoms with E-state index in [4.69, 9.17) is 4.74 Å². The minimum atomic E-state index is -0.384. The minimum Gasteiger partial charge on any atom is -0.505 e. The van der Waals surface area contributed by atoms with Crippen LogP contribution in [-0.2, 0) is 7.05 Å². The van der Waals surface area contributed by atoms with Gasteiger partial charge in [0.25, 0.3) is 5.91 Å². The average molecular weight is 302 g/mol. The molecule has 22 heavy (non-hydrogen) atoms. The van der Waals surface area contributed by atoms with Gasteiger partial charge < -0.3 is 15.2 Å². The SMILES string of the molecule is Cn1cc(O[C@@H]2CCC[C@@H]2NC(=O)c2ncccc2O)cn1. The second kappa shape index (κ2) is 6.05. The van der Waals surface area contributed by atoms with Crippen LogP contribution in [0.3, 0.4) is 0 Å². The fourth-order valence-corrected chi connectivity index (χ4v) is 2.68. The summed E-state index contributed by atoms with van der Waals surface area (Å²) in [7, 11) is 1.82. The lowest BCUT2D eigenvalue weighted by Crippen LogP contribution is -2.42. The van der Waals surface area contributed by atoms with Gasteiger partial charge in [-0.15, -0.1) is 0 Å². The quantitative estimate of drug-likeness (QED) is 0.887. The average Bonchev–Trinajstić information content (AvgIpc) is 3.09. The molecular weight excluding hydrogens is 284 g/mol. The summed E-state index contributed by atoms with van der Waals surface area (Å²) in [5, 5.41) is 16.7. The molecule has 0 unspecified atom stereocenters. The van der Waals surface area contributed by atoms with Crippen LogP contribution in [0.1, 0.15) is 29.8 Å². The van der Waals surface area contributed by atoms with Crippen molar-refractivity contribution in [3.05, 3.63) is 36.4 Å². The highest BCUT2D eigenvalue weighted by atomic mass is 16.5. The highest BCUT2D eigenvalue weighted by Gasteiger charge is 2.31. The Labute approximate surface area is 127 Å². The zero-order valence-electron chi connectivity index (χ0n) is 12.3. The zero-order valence-corrected chi connectivity index (χ0v) is 12.3. The van der Waals surface area contributed by atoms with Crippen LogP contribution >= 0.6 is 0 Å². The normalized spacial score (nSPS) is 20.8. The number of hydrogen-bond donors (Lipinski definition) is 2. The molecule has 0 saturated heterocycles. The van der Waals surface area contributed by atoms with Crippen molar-refractivity contribution in [3.8, 4) is 11.5 Å². The second-order valence-corrected chi connectivity index (χ2v) is 5.39. The molecule has 7 heteroatoms. The first-order chi connectivity index (χ1) is 10.6. The van der Waals surface area contributed by atoms with Gasteiger partial charge in [-0.1, -0.05) is 0 Å². The predicted octanol–water partition coefficient (Wildman–Crippen LogP) is 1.25. The number of amides is 1. The molecule has 116 valence electrons. The van der Waals surface area contributed by atoms with Crippen LogP contribution in [0.5, 0.6) is 11.5 Å². The third kappa shape index (κ3) is 3.03. The summed E-state index contributed by atoms with van der Waals surface area (Å²) in [5.41, 5.74) is 0.0366. The molecule has 0 spiro atoms. The summed E-state index contributed by atoms with van der Waals surface area (Å²) in [6.45, 7) is 0. The van der Waals surface area contributed by atoms with Crippen molar-refractivity contribution < 1.29 is 14.6 Å². The lowest BCUT2D eigenvalue weighted by Gasteiger charge is -2.21. The maximum absolute atomic E-state index is 12.2. The van der Waals surface area contributed by atoms with Gasteiger partial charge in [-0.2, -0.15) is 5.10 Å². The van der Waals surface area contributed by atoms with Crippen LogP contribution in [0.25, 0.3) is 0 Å². The smallest absolute Gasteiger partial charge is 0.274 e. The van der Waals surface area contributed by atoms with Gasteiger partial charge >= 0.3 is 0 Å². The summed E-state index contributed by atoms with van der Waals surface area (Å²) in [4.78, 5) is 16.1. The number of nitrogens with zero attached hydrogens (tertiary/aromatic N) is 3. The minimum absolute atomic E-state index is 0.0366. The van der Waals surface area contributed by atoms with E-state index in [0.717, 1.165) is 19.3 Å². The molecule has 3 rings (SSSR count). The molecular formula is C15H18N4O3. The molecule has 0 bridgehead atoms. The number of carbonyl (C=O) groups is 1. The second-order valence-electron chi connectivity index (χ2n) is 5.39. The van der Waals surface area contributed by atoms with E-state index in [0.29, 0.717) is 5.75 Å². The van der Waals surface area contributed by atoms with E-state index in [-0.39, 0.29) is 29.5 Å². The highest BCUT2D eigenvalue weighted by Crippen LogP contribution is 2.25. The Kier molecular flexibility index (Phi) is 3.95. The number of hydrogen-bond acceptors (Lipinski definition) is 5. The molecule has 1 aliphatic carbocycles. The summed E-state index contributed by atoms with van der Waals surface area (Å²) in [6.07, 6.45) is 7.51. The summed E-state index contributed by atoms with van der Waals surface area (Å²) < 4.78 is 7.57. The summed E-state index contributed by atoms with van der Waals surface area (Å²) in [5.74, 6) is 0.182. The molecule has 1 amide bonds. The fourth-order valence-electron chi connectivity index (χ4n) is 2.68. The lowest BCUT2D eigenvalue weighted by atomic mass is 10.2. The van der Waals surface area contributed by atoms with E-state index in [9.17, 15) is 9.90 Å². The number of nitrogens with one attached hydrogen (secondary N) is 1. The van der Waals surface area contributed by atoms with Crippen molar-refractivity contribution in [1.29, 1.82) is 0 Å². The number of ether oxygens (including phenoxy) is 1. The van der Waals surface area contributed by atoms with Gasteiger partial charge in [-0.3, -0.25) is 9.48 Å². The molecule has 2 aromatic heterocycles. The topological polar surface area (TPSA) is 89.3 Å². The number of carbonyl (C=O) groups excluding carboxylic acids is 1. The van der Waals surface area contributed by atoms with Crippen molar-refractivity contribution in [1.82, 2.24) is 20.1 Å². The fraction of sp³-hybridized carbons (Fsp3) is 0.400. The van der Waals surface area contributed by atoms with Crippen LogP contribution in [-0.4, -0.2) is 37.9 Å². The standard InChI is InChI=1S/C15H18N4O3/c1-19-9-10(8-17-19)22-13-6-2-4-11(13)18-15(21)14-12(20)5-3-7-16-14/h3,5,7-9,11,13,20H,2,4,6H2,1H3,(H,18,21)/t11-,13+/m0/s1. The maximum atomic E-state index is 12.2. The van der Waals surface area contributed by atoms with Crippen LogP contribution < -0.4 is 10.1 Å². The van der Waals surface area contributed by atoms with Crippen molar-refractivity contribution in [2.45, 2.75) is 31.4 Å². The third-order valence-corrected chi connectivity index (χ3v) is 3.74. The third-order valence-electron chi connectivity index (χ3n) is 3.74. The Morgan fingerprint density at radius 3 is 3.09 bits per heavy atom. The van der Waals surface area contributed by atoms with Crippen molar-refractivity contribution >= 4 is 5.91 Å². The zero-order chi connectivity index (χ0) is 15.5. The van der Waals surface area contributed by atoms with Gasteiger partial charge in [0, 0.05) is 13.2 Å². The summed E-state index contributed by atoms with van der Waals surface area (Å²) in [6, 6.07) is 2.92. The molecule has 0 aromatic carbocycles. The Morgan fingerprint density at radius 1 is 1.50 bits per heavy atom. The van der Waals surface area contributed by atoms with Crippen LogP contribution in [0.15, 0.2) is 30.7 Å². The first-order valence-corrected chi connectivity index (χ1v) is 7.23. The number of pyridine rings is 1. The molecule has 2 atom stereocenters. The highest BCUT2D eigenvalue weighted by molar-refractivity contribution is 5.94. The van der Waals surface area contributed by atoms with Gasteiger partial charge in [-0.25, -0.2) is 4.98 Å².